The number of carbonyl (C=O) groups is 1. The molecule has 0 radical (unpaired) electrons. The van der Waals surface area contributed by atoms with E-state index >= 15 is 0 Å². The Morgan fingerprint density at radius 1 is 1.07 bits per heavy atom. The first-order chi connectivity index (χ1) is 7.36. The lowest BCUT2D eigenvalue weighted by molar-refractivity contribution is -0.112. The molecule has 2 heteroatoms. The van der Waals surface area contributed by atoms with Crippen LogP contribution in [0.4, 0.5) is 0 Å². The average molecular weight is 201 g/mol. The number of ketones is 1. The molecule has 0 aromatic rings. The van der Waals surface area contributed by atoms with Crippen molar-refractivity contribution in [3.05, 3.63) is 22.9 Å². The number of nitrogens with zero attached hydrogens (tertiary/aromatic N) is 1. The molecule has 78 valence electrons. The summed E-state index contributed by atoms with van der Waals surface area (Å²) in [5.74, 6) is 0.286. The van der Waals surface area contributed by atoms with Gasteiger partial charge in [0.25, 0.3) is 0 Å². The number of carbonyl (C=O) groups excluding carboxylic acids is 1. The zero-order chi connectivity index (χ0) is 10.3. The second-order valence-corrected chi connectivity index (χ2v) is 4.53. The molecule has 0 amide bonds. The van der Waals surface area contributed by atoms with Crippen molar-refractivity contribution in [2.75, 3.05) is 0 Å². The van der Waals surface area contributed by atoms with Gasteiger partial charge < -0.3 is 0 Å². The van der Waals surface area contributed by atoms with E-state index in [-0.39, 0.29) is 5.78 Å². The fraction of sp³-hybridized carbons (Fsp3) is 0.538. The molecule has 2 nitrogen and oxygen atoms in total. The molecule has 0 spiro atoms. The summed E-state index contributed by atoms with van der Waals surface area (Å²) >= 11 is 0. The highest BCUT2D eigenvalue weighted by molar-refractivity contribution is 6.30. The second kappa shape index (κ2) is 3.44. The van der Waals surface area contributed by atoms with Crippen LogP contribution in [-0.2, 0) is 4.79 Å². The van der Waals surface area contributed by atoms with Crippen LogP contribution in [0, 0.1) is 0 Å². The molecule has 1 heterocycles. The molecule has 0 N–H and O–H groups in total. The minimum atomic E-state index is 0.286. The summed E-state index contributed by atoms with van der Waals surface area (Å²) in [5.41, 5.74) is 4.09. The molecule has 15 heavy (non-hydrogen) atoms. The Bertz CT molecular complexity index is 412. The monoisotopic (exact) mass is 201 g/mol. The minimum absolute atomic E-state index is 0.286. The first-order valence-electron chi connectivity index (χ1n) is 5.91. The van der Waals surface area contributed by atoms with E-state index in [0.29, 0.717) is 0 Å². The number of allylic oxidation sites excluding steroid dienone is 4. The van der Waals surface area contributed by atoms with Crippen molar-refractivity contribution in [3.63, 3.8) is 0 Å². The molecule has 0 fully saturated rings. The third-order valence-electron chi connectivity index (χ3n) is 3.50. The quantitative estimate of drug-likeness (QED) is 0.592. The van der Waals surface area contributed by atoms with E-state index in [1.54, 1.807) is 0 Å². The van der Waals surface area contributed by atoms with Gasteiger partial charge in [-0.3, -0.25) is 9.79 Å². The van der Waals surface area contributed by atoms with Gasteiger partial charge in [-0.15, -0.1) is 0 Å². The first kappa shape index (κ1) is 9.08. The Balaban J connectivity index is 2.08. The van der Waals surface area contributed by atoms with Crippen LogP contribution < -0.4 is 0 Å². The maximum Gasteiger partial charge on any atom is 0.192 e. The van der Waals surface area contributed by atoms with E-state index in [1.807, 2.05) is 0 Å². The Labute approximate surface area is 89.8 Å². The van der Waals surface area contributed by atoms with Crippen molar-refractivity contribution in [1.29, 1.82) is 0 Å². The molecule has 1 aliphatic heterocycles. The van der Waals surface area contributed by atoms with Gasteiger partial charge in [0.05, 0.1) is 5.71 Å². The molecule has 3 aliphatic rings. The van der Waals surface area contributed by atoms with Crippen LogP contribution in [-0.4, -0.2) is 11.5 Å². The van der Waals surface area contributed by atoms with Crippen molar-refractivity contribution in [2.24, 2.45) is 4.99 Å². The number of aliphatic imine (C=N–C) groups is 1. The van der Waals surface area contributed by atoms with Crippen molar-refractivity contribution >= 4 is 11.5 Å². The number of Topliss-reactive ketones (excluding diaryl/α,β-unsaturated/α-hetero) is 1. The van der Waals surface area contributed by atoms with Crippen molar-refractivity contribution < 1.29 is 4.79 Å². The molecule has 0 aromatic heterocycles. The molecule has 3 rings (SSSR count). The highest BCUT2D eigenvalue weighted by Crippen LogP contribution is 2.34. The van der Waals surface area contributed by atoms with E-state index in [4.69, 9.17) is 0 Å². The summed E-state index contributed by atoms with van der Waals surface area (Å²) in [5, 5.41) is 0. The standard InChI is InChI=1S/C13H15NO/c15-13-9-5-1-3-7-11(9)14-12-8-4-2-6-10(12)13/h5H,1-4,6-8H2. The molecule has 2 aliphatic carbocycles. The van der Waals surface area contributed by atoms with Gasteiger partial charge >= 0.3 is 0 Å². The molecule has 0 saturated heterocycles. The Hall–Kier alpha value is -1.18. The van der Waals surface area contributed by atoms with Crippen LogP contribution in [0.3, 0.4) is 0 Å². The summed E-state index contributed by atoms with van der Waals surface area (Å²) in [4.78, 5) is 16.9. The van der Waals surface area contributed by atoms with E-state index < -0.39 is 0 Å². The third-order valence-corrected chi connectivity index (χ3v) is 3.50. The van der Waals surface area contributed by atoms with Crippen molar-refractivity contribution in [3.8, 4) is 0 Å². The van der Waals surface area contributed by atoms with Gasteiger partial charge in [0.15, 0.2) is 5.78 Å². The zero-order valence-electron chi connectivity index (χ0n) is 8.88. The largest absolute Gasteiger partial charge is 0.289 e. The van der Waals surface area contributed by atoms with Gasteiger partial charge in [0.2, 0.25) is 0 Å². The summed E-state index contributed by atoms with van der Waals surface area (Å²) in [6, 6.07) is 0. The highest BCUT2D eigenvalue weighted by Gasteiger charge is 2.29. The van der Waals surface area contributed by atoms with Crippen LogP contribution in [0.1, 0.15) is 44.9 Å². The molecule has 0 aromatic carbocycles. The van der Waals surface area contributed by atoms with Gasteiger partial charge in [0.1, 0.15) is 0 Å². The minimum Gasteiger partial charge on any atom is -0.289 e. The lowest BCUT2D eigenvalue weighted by atomic mass is 9.83. The SMILES string of the molecule is O=C1C2=CCCCC2=NC2=C1CCCC2. The second-order valence-electron chi connectivity index (χ2n) is 4.53. The summed E-state index contributed by atoms with van der Waals surface area (Å²) < 4.78 is 0. The molecule has 0 bridgehead atoms. The lowest BCUT2D eigenvalue weighted by Crippen LogP contribution is -2.24. The molecule has 0 unspecified atom stereocenters. The zero-order valence-corrected chi connectivity index (χ0v) is 8.88. The van der Waals surface area contributed by atoms with E-state index in [0.717, 1.165) is 61.1 Å². The topological polar surface area (TPSA) is 29.4 Å². The number of hydrogen-bond donors (Lipinski definition) is 0. The molecular weight excluding hydrogens is 186 g/mol. The third kappa shape index (κ3) is 1.39. The Kier molecular flexibility index (Phi) is 2.08. The first-order valence-corrected chi connectivity index (χ1v) is 5.91. The highest BCUT2D eigenvalue weighted by atomic mass is 16.1. The van der Waals surface area contributed by atoms with Gasteiger partial charge in [0, 0.05) is 16.8 Å². The number of rotatable bonds is 0. The number of fused-ring (bicyclic) bond motifs is 1. The van der Waals surface area contributed by atoms with E-state index in [9.17, 15) is 4.79 Å². The van der Waals surface area contributed by atoms with Gasteiger partial charge in [-0.1, -0.05) is 6.08 Å². The summed E-state index contributed by atoms with van der Waals surface area (Å²) in [6.07, 6.45) is 9.59. The molecular formula is C13H15NO. The van der Waals surface area contributed by atoms with Crippen molar-refractivity contribution in [2.45, 2.75) is 44.9 Å². The summed E-state index contributed by atoms with van der Waals surface area (Å²) in [7, 11) is 0. The van der Waals surface area contributed by atoms with Gasteiger partial charge in [-0.25, -0.2) is 0 Å². The normalized spacial score (nSPS) is 25.5. The van der Waals surface area contributed by atoms with Gasteiger partial charge in [-0.05, 0) is 44.9 Å². The Morgan fingerprint density at radius 3 is 2.87 bits per heavy atom. The smallest absolute Gasteiger partial charge is 0.192 e. The summed E-state index contributed by atoms with van der Waals surface area (Å²) in [6.45, 7) is 0. The van der Waals surface area contributed by atoms with Crippen LogP contribution in [0.25, 0.3) is 0 Å². The predicted molar refractivity (Wildman–Crippen MR) is 59.9 cm³/mol. The van der Waals surface area contributed by atoms with E-state index in [2.05, 4.69) is 11.1 Å². The molecule has 0 saturated carbocycles. The fourth-order valence-corrected chi connectivity index (χ4v) is 2.69. The predicted octanol–water partition coefficient (Wildman–Crippen LogP) is 2.95. The fourth-order valence-electron chi connectivity index (χ4n) is 2.69. The lowest BCUT2D eigenvalue weighted by Gasteiger charge is -2.25. The average Bonchev–Trinajstić information content (AvgIpc) is 2.30. The molecule has 0 atom stereocenters. The maximum absolute atomic E-state index is 12.2. The number of hydrogen-bond acceptors (Lipinski definition) is 2. The van der Waals surface area contributed by atoms with E-state index in [1.165, 1.54) is 6.42 Å². The van der Waals surface area contributed by atoms with Crippen LogP contribution in [0.2, 0.25) is 0 Å². The van der Waals surface area contributed by atoms with Gasteiger partial charge in [-0.2, -0.15) is 0 Å². The van der Waals surface area contributed by atoms with Crippen LogP contribution in [0.15, 0.2) is 27.9 Å². The van der Waals surface area contributed by atoms with Crippen LogP contribution >= 0.6 is 0 Å². The van der Waals surface area contributed by atoms with Crippen molar-refractivity contribution in [1.82, 2.24) is 0 Å². The van der Waals surface area contributed by atoms with Crippen LogP contribution in [0.5, 0.6) is 0 Å². The Morgan fingerprint density at radius 2 is 1.93 bits per heavy atom. The maximum atomic E-state index is 12.2.